The molecule has 0 saturated heterocycles. The van der Waals surface area contributed by atoms with E-state index in [1.54, 1.807) is 11.3 Å². The van der Waals surface area contributed by atoms with Gasteiger partial charge in [-0.1, -0.05) is 22.0 Å². The number of halogens is 2. The van der Waals surface area contributed by atoms with Crippen molar-refractivity contribution in [3.63, 3.8) is 0 Å². The summed E-state index contributed by atoms with van der Waals surface area (Å²) in [5.41, 5.74) is 1.35. The van der Waals surface area contributed by atoms with Gasteiger partial charge >= 0.3 is 0 Å². The molecule has 0 amide bonds. The molecule has 2 aromatic rings. The molecule has 1 aromatic carbocycles. The van der Waals surface area contributed by atoms with Crippen LogP contribution in [-0.4, -0.2) is 0 Å². The molecule has 13 heavy (non-hydrogen) atoms. The van der Waals surface area contributed by atoms with Crippen LogP contribution < -0.4 is 0 Å². The van der Waals surface area contributed by atoms with E-state index < -0.39 is 0 Å². The van der Waals surface area contributed by atoms with Gasteiger partial charge in [-0.3, -0.25) is 0 Å². The van der Waals surface area contributed by atoms with Crippen molar-refractivity contribution in [2.75, 3.05) is 0 Å². The Morgan fingerprint density at radius 2 is 2.23 bits per heavy atom. The van der Waals surface area contributed by atoms with Crippen molar-refractivity contribution in [1.82, 2.24) is 0 Å². The van der Waals surface area contributed by atoms with Crippen LogP contribution in [0, 0.1) is 3.57 Å². The Hall–Kier alpha value is 0.740. The summed E-state index contributed by atoms with van der Waals surface area (Å²) in [6.45, 7) is 0. The maximum absolute atomic E-state index is 4.36. The molecule has 1 aromatic heterocycles. The van der Waals surface area contributed by atoms with Gasteiger partial charge in [0.15, 0.2) is 0 Å². The van der Waals surface area contributed by atoms with Gasteiger partial charge in [-0.25, -0.2) is 0 Å². The van der Waals surface area contributed by atoms with E-state index in [0.717, 1.165) is 9.54 Å². The average molecular weight is 385 g/mol. The van der Waals surface area contributed by atoms with Crippen LogP contribution in [0.1, 0.15) is 5.56 Å². The van der Waals surface area contributed by atoms with Gasteiger partial charge in [-0.2, -0.15) is 0 Å². The summed E-state index contributed by atoms with van der Waals surface area (Å²) in [4.78, 5) is 0. The lowest BCUT2D eigenvalue weighted by Gasteiger charge is -2.00. The maximum Gasteiger partial charge on any atom is 0.0581 e. The van der Waals surface area contributed by atoms with Crippen molar-refractivity contribution in [3.05, 3.63) is 27.3 Å². The van der Waals surface area contributed by atoms with Gasteiger partial charge in [0.1, 0.15) is 0 Å². The van der Waals surface area contributed by atoms with Crippen LogP contribution in [0.4, 0.5) is 0 Å². The first-order chi connectivity index (χ1) is 6.22. The van der Waals surface area contributed by atoms with Gasteiger partial charge in [0.2, 0.25) is 0 Å². The highest BCUT2D eigenvalue weighted by molar-refractivity contribution is 14.1. The minimum absolute atomic E-state index is 0.916. The quantitative estimate of drug-likeness (QED) is 0.411. The number of hydrogen-bond donors (Lipinski definition) is 1. The largest absolute Gasteiger partial charge is 0.133 e. The molecule has 0 atom stereocenters. The van der Waals surface area contributed by atoms with Crippen LogP contribution in [0.25, 0.3) is 10.1 Å². The molecule has 1 heterocycles. The zero-order valence-corrected chi connectivity index (χ0v) is 12.0. The van der Waals surface area contributed by atoms with Crippen LogP contribution in [0.3, 0.4) is 0 Å². The highest BCUT2D eigenvalue weighted by Crippen LogP contribution is 2.33. The van der Waals surface area contributed by atoms with Crippen LogP contribution in [0.2, 0.25) is 0 Å². The third kappa shape index (κ3) is 1.91. The van der Waals surface area contributed by atoms with Gasteiger partial charge in [-0.05, 0) is 40.3 Å². The molecule has 0 unspecified atom stereocenters. The lowest BCUT2D eigenvalue weighted by atomic mass is 10.2. The van der Waals surface area contributed by atoms with Crippen molar-refractivity contribution in [2.45, 2.75) is 9.54 Å². The number of alkyl halides is 1. The van der Waals surface area contributed by atoms with Gasteiger partial charge in [0.25, 0.3) is 0 Å². The van der Waals surface area contributed by atoms with E-state index in [9.17, 15) is 0 Å². The monoisotopic (exact) mass is 384 g/mol. The molecule has 0 nitrogen and oxygen atoms in total. The van der Waals surface area contributed by atoms with Crippen molar-refractivity contribution in [2.24, 2.45) is 0 Å². The first-order valence-electron chi connectivity index (χ1n) is 3.68. The molecule has 4 heteroatoms. The Bertz CT molecular complexity index is 450. The minimum Gasteiger partial charge on any atom is -0.133 e. The predicted molar refractivity (Wildman–Crippen MR) is 74.4 cm³/mol. The maximum atomic E-state index is 4.36. The molecule has 2 rings (SSSR count). The van der Waals surface area contributed by atoms with Crippen LogP contribution in [-0.2, 0) is 5.33 Å². The Labute approximate surface area is 108 Å². The van der Waals surface area contributed by atoms with Crippen LogP contribution in [0.15, 0.2) is 22.4 Å². The van der Waals surface area contributed by atoms with E-state index in [-0.39, 0.29) is 0 Å². The number of thiophene rings is 1. The average Bonchev–Trinajstić information content (AvgIpc) is 2.47. The molecule has 0 radical (unpaired) electrons. The zero-order chi connectivity index (χ0) is 9.42. The number of fused-ring (bicyclic) bond motifs is 1. The predicted octanol–water partition coefficient (Wildman–Crippen LogP) is 4.69. The lowest BCUT2D eigenvalue weighted by molar-refractivity contribution is 1.43. The first kappa shape index (κ1) is 10.3. The summed E-state index contributed by atoms with van der Waals surface area (Å²) in [6.07, 6.45) is 0. The van der Waals surface area contributed by atoms with E-state index >= 15 is 0 Å². The van der Waals surface area contributed by atoms with Crippen molar-refractivity contribution >= 4 is 72.6 Å². The first-order valence-corrected chi connectivity index (χ1v) is 7.14. The summed E-state index contributed by atoms with van der Waals surface area (Å²) >= 11 is 12.0. The molecule has 68 valence electrons. The second-order valence-electron chi connectivity index (χ2n) is 2.67. The fourth-order valence-electron chi connectivity index (χ4n) is 1.21. The second kappa shape index (κ2) is 4.08. The van der Waals surface area contributed by atoms with E-state index in [0.29, 0.717) is 0 Å². The summed E-state index contributed by atoms with van der Waals surface area (Å²) in [6, 6.07) is 6.47. The molecule has 0 aliphatic rings. The number of rotatable bonds is 1. The van der Waals surface area contributed by atoms with E-state index in [1.165, 1.54) is 19.2 Å². The Balaban J connectivity index is 2.78. The number of benzene rings is 1. The highest BCUT2D eigenvalue weighted by Gasteiger charge is 2.06. The molecule has 0 spiro atoms. The SMILES string of the molecule is Sc1cc2c(I)c(CBr)ccc2s1. The van der Waals surface area contributed by atoms with Gasteiger partial charge in [0.05, 0.1) is 4.21 Å². The van der Waals surface area contributed by atoms with E-state index in [1.807, 2.05) is 0 Å². The van der Waals surface area contributed by atoms with E-state index in [2.05, 4.69) is 69.3 Å². The van der Waals surface area contributed by atoms with Crippen molar-refractivity contribution in [1.29, 1.82) is 0 Å². The Kier molecular flexibility index (Phi) is 3.22. The van der Waals surface area contributed by atoms with Gasteiger partial charge in [0, 0.05) is 19.0 Å². The van der Waals surface area contributed by atoms with Crippen LogP contribution >= 0.6 is 62.5 Å². The Morgan fingerprint density at radius 1 is 1.46 bits per heavy atom. The van der Waals surface area contributed by atoms with Crippen molar-refractivity contribution < 1.29 is 0 Å². The molecule has 0 aliphatic carbocycles. The number of hydrogen-bond acceptors (Lipinski definition) is 2. The Morgan fingerprint density at radius 3 is 2.92 bits per heavy atom. The fourth-order valence-corrected chi connectivity index (χ4v) is 4.44. The lowest BCUT2D eigenvalue weighted by Crippen LogP contribution is -1.82. The molecule has 0 saturated carbocycles. The molecule has 0 aliphatic heterocycles. The molecular weight excluding hydrogens is 379 g/mol. The molecule has 0 N–H and O–H groups in total. The molecule has 0 bridgehead atoms. The fraction of sp³-hybridized carbons (Fsp3) is 0.111. The zero-order valence-electron chi connectivity index (χ0n) is 6.55. The highest BCUT2D eigenvalue weighted by atomic mass is 127. The third-order valence-electron chi connectivity index (χ3n) is 1.85. The standard InChI is InChI=1S/C9H6BrIS2/c10-4-5-1-2-7-6(9(5)11)3-8(12)13-7/h1-3,12H,4H2. The summed E-state index contributed by atoms with van der Waals surface area (Å²) in [7, 11) is 0. The normalized spacial score (nSPS) is 11.0. The molecule has 0 fully saturated rings. The summed E-state index contributed by atoms with van der Waals surface area (Å²) in [5.74, 6) is 0. The third-order valence-corrected chi connectivity index (χ3v) is 5.03. The van der Waals surface area contributed by atoms with Gasteiger partial charge < -0.3 is 0 Å². The smallest absolute Gasteiger partial charge is 0.0581 e. The number of thiol groups is 1. The van der Waals surface area contributed by atoms with E-state index in [4.69, 9.17) is 0 Å². The summed E-state index contributed by atoms with van der Waals surface area (Å²) < 4.78 is 3.74. The topological polar surface area (TPSA) is 0 Å². The second-order valence-corrected chi connectivity index (χ2v) is 6.18. The van der Waals surface area contributed by atoms with Crippen molar-refractivity contribution in [3.8, 4) is 0 Å². The minimum atomic E-state index is 0.916. The summed E-state index contributed by atoms with van der Waals surface area (Å²) in [5, 5.41) is 2.24. The van der Waals surface area contributed by atoms with Gasteiger partial charge in [-0.15, -0.1) is 24.0 Å². The molecular formula is C9H6BrIS2. The van der Waals surface area contributed by atoms with Crippen LogP contribution in [0.5, 0.6) is 0 Å².